The fourth-order valence-electron chi connectivity index (χ4n) is 1.98. The Morgan fingerprint density at radius 1 is 1.14 bits per heavy atom. The smallest absolute Gasteiger partial charge is 0.191 e. The molecule has 0 aliphatic rings. The van der Waals surface area contributed by atoms with Crippen LogP contribution in [-0.2, 0) is 6.54 Å². The number of hydrogen-bond donors (Lipinski definition) is 2. The zero-order chi connectivity index (χ0) is 15.7. The van der Waals surface area contributed by atoms with Crippen LogP contribution in [0.2, 0.25) is 0 Å². The molecule has 0 heterocycles. The van der Waals surface area contributed by atoms with Crippen molar-refractivity contribution in [2.24, 2.45) is 10.4 Å². The molecule has 0 aliphatic heterocycles. The van der Waals surface area contributed by atoms with E-state index < -0.39 is 0 Å². The topological polar surface area (TPSA) is 45.7 Å². The molecular formula is C17H29N3O. The number of nitrogens with zero attached hydrogens (tertiary/aromatic N) is 1. The SMILES string of the molecule is CN=C(NCCCC(C)(C)C)NCc1ccc(OC)cc1. The van der Waals surface area contributed by atoms with E-state index in [-0.39, 0.29) is 0 Å². The Balaban J connectivity index is 2.30. The summed E-state index contributed by atoms with van der Waals surface area (Å²) in [6.45, 7) is 8.50. The molecule has 1 aromatic carbocycles. The maximum absolute atomic E-state index is 5.15. The minimum atomic E-state index is 0.391. The Kier molecular flexibility index (Phi) is 7.06. The van der Waals surface area contributed by atoms with Crippen LogP contribution >= 0.6 is 0 Å². The average Bonchev–Trinajstić information content (AvgIpc) is 2.46. The third kappa shape index (κ3) is 7.59. The molecule has 0 aliphatic carbocycles. The average molecular weight is 291 g/mol. The fourth-order valence-corrected chi connectivity index (χ4v) is 1.98. The maximum Gasteiger partial charge on any atom is 0.191 e. The summed E-state index contributed by atoms with van der Waals surface area (Å²) in [7, 11) is 3.48. The number of methoxy groups -OCH3 is 1. The first kappa shape index (κ1) is 17.3. The number of rotatable bonds is 6. The van der Waals surface area contributed by atoms with E-state index in [9.17, 15) is 0 Å². The zero-order valence-corrected chi connectivity index (χ0v) is 14.0. The summed E-state index contributed by atoms with van der Waals surface area (Å²) in [5.74, 6) is 1.73. The second kappa shape index (κ2) is 8.55. The highest BCUT2D eigenvalue weighted by Crippen LogP contribution is 2.19. The van der Waals surface area contributed by atoms with Crippen molar-refractivity contribution in [2.75, 3.05) is 20.7 Å². The van der Waals surface area contributed by atoms with Crippen LogP contribution < -0.4 is 15.4 Å². The van der Waals surface area contributed by atoms with Crippen LogP contribution in [0.3, 0.4) is 0 Å². The van der Waals surface area contributed by atoms with Gasteiger partial charge in [0.15, 0.2) is 5.96 Å². The maximum atomic E-state index is 5.15. The first-order valence-electron chi connectivity index (χ1n) is 7.52. The van der Waals surface area contributed by atoms with Crippen LogP contribution in [0.15, 0.2) is 29.3 Å². The van der Waals surface area contributed by atoms with E-state index >= 15 is 0 Å². The number of nitrogens with one attached hydrogen (secondary N) is 2. The Labute approximate surface area is 129 Å². The highest BCUT2D eigenvalue weighted by atomic mass is 16.5. The molecule has 118 valence electrons. The van der Waals surface area contributed by atoms with Gasteiger partial charge in [0.25, 0.3) is 0 Å². The van der Waals surface area contributed by atoms with Crippen LogP contribution in [0.1, 0.15) is 39.2 Å². The van der Waals surface area contributed by atoms with Crippen LogP contribution in [-0.4, -0.2) is 26.7 Å². The van der Waals surface area contributed by atoms with E-state index in [0.717, 1.165) is 31.2 Å². The summed E-state index contributed by atoms with van der Waals surface area (Å²) >= 11 is 0. The highest BCUT2D eigenvalue weighted by Gasteiger charge is 2.09. The van der Waals surface area contributed by atoms with Gasteiger partial charge in [0.1, 0.15) is 5.75 Å². The number of ether oxygens (including phenoxy) is 1. The molecule has 21 heavy (non-hydrogen) atoms. The molecule has 0 bridgehead atoms. The molecule has 4 nitrogen and oxygen atoms in total. The van der Waals surface area contributed by atoms with Gasteiger partial charge in [-0.25, -0.2) is 0 Å². The number of benzene rings is 1. The van der Waals surface area contributed by atoms with E-state index in [1.807, 2.05) is 12.1 Å². The molecule has 0 saturated heterocycles. The van der Waals surface area contributed by atoms with E-state index in [0.29, 0.717) is 5.41 Å². The minimum absolute atomic E-state index is 0.391. The summed E-state index contributed by atoms with van der Waals surface area (Å²) in [6.07, 6.45) is 2.35. The summed E-state index contributed by atoms with van der Waals surface area (Å²) in [5, 5.41) is 6.67. The van der Waals surface area contributed by atoms with Gasteiger partial charge in [-0.1, -0.05) is 32.9 Å². The third-order valence-electron chi connectivity index (χ3n) is 3.24. The molecule has 0 aromatic heterocycles. The lowest BCUT2D eigenvalue weighted by Crippen LogP contribution is -2.37. The molecule has 0 atom stereocenters. The quantitative estimate of drug-likeness (QED) is 0.481. The zero-order valence-electron chi connectivity index (χ0n) is 14.0. The lowest BCUT2D eigenvalue weighted by atomic mass is 9.91. The first-order chi connectivity index (χ1) is 9.94. The second-order valence-corrected chi connectivity index (χ2v) is 6.36. The molecule has 2 N–H and O–H groups in total. The van der Waals surface area contributed by atoms with Gasteiger partial charge in [-0.05, 0) is 36.0 Å². The van der Waals surface area contributed by atoms with Crippen molar-refractivity contribution in [1.29, 1.82) is 0 Å². The van der Waals surface area contributed by atoms with Gasteiger partial charge >= 0.3 is 0 Å². The lowest BCUT2D eigenvalue weighted by Gasteiger charge is -2.18. The summed E-state index contributed by atoms with van der Waals surface area (Å²) in [6, 6.07) is 8.05. The van der Waals surface area contributed by atoms with E-state index in [4.69, 9.17) is 4.74 Å². The van der Waals surface area contributed by atoms with Crippen molar-refractivity contribution < 1.29 is 4.74 Å². The molecule has 4 heteroatoms. The second-order valence-electron chi connectivity index (χ2n) is 6.36. The standard InChI is InChI=1S/C17H29N3O/c1-17(2,3)11-6-12-19-16(18-4)20-13-14-7-9-15(21-5)10-8-14/h7-10H,6,11-13H2,1-5H3,(H2,18,19,20). The number of aliphatic imine (C=N–C) groups is 1. The summed E-state index contributed by atoms with van der Waals surface area (Å²) in [5.41, 5.74) is 1.59. The Hall–Kier alpha value is -1.71. The van der Waals surface area contributed by atoms with Crippen molar-refractivity contribution in [3.8, 4) is 5.75 Å². The van der Waals surface area contributed by atoms with Gasteiger partial charge in [0, 0.05) is 20.1 Å². The van der Waals surface area contributed by atoms with Crippen molar-refractivity contribution in [3.05, 3.63) is 29.8 Å². The molecule has 1 aromatic rings. The fraction of sp³-hybridized carbons (Fsp3) is 0.588. The normalized spacial score (nSPS) is 12.1. The molecule has 0 spiro atoms. The van der Waals surface area contributed by atoms with Gasteiger partial charge in [-0.2, -0.15) is 0 Å². The minimum Gasteiger partial charge on any atom is -0.497 e. The lowest BCUT2D eigenvalue weighted by molar-refractivity contribution is 0.365. The van der Waals surface area contributed by atoms with Crippen molar-refractivity contribution >= 4 is 5.96 Å². The molecule has 0 radical (unpaired) electrons. The van der Waals surface area contributed by atoms with Gasteiger partial charge in [0.05, 0.1) is 7.11 Å². The molecule has 0 saturated carbocycles. The van der Waals surface area contributed by atoms with E-state index in [1.54, 1.807) is 14.2 Å². The Morgan fingerprint density at radius 3 is 2.33 bits per heavy atom. The predicted molar refractivity (Wildman–Crippen MR) is 89.9 cm³/mol. The number of hydrogen-bond acceptors (Lipinski definition) is 2. The van der Waals surface area contributed by atoms with Crippen molar-refractivity contribution in [3.63, 3.8) is 0 Å². The Bertz CT molecular complexity index is 432. The van der Waals surface area contributed by atoms with Gasteiger partial charge in [-0.15, -0.1) is 0 Å². The summed E-state index contributed by atoms with van der Waals surface area (Å²) in [4.78, 5) is 4.24. The van der Waals surface area contributed by atoms with Crippen molar-refractivity contribution in [2.45, 2.75) is 40.2 Å². The highest BCUT2D eigenvalue weighted by molar-refractivity contribution is 5.79. The molecule has 0 fully saturated rings. The number of guanidine groups is 1. The van der Waals surface area contributed by atoms with Crippen LogP contribution in [0, 0.1) is 5.41 Å². The van der Waals surface area contributed by atoms with Crippen LogP contribution in [0.5, 0.6) is 5.75 Å². The molecular weight excluding hydrogens is 262 g/mol. The molecule has 1 rings (SSSR count). The predicted octanol–water partition coefficient (Wildman–Crippen LogP) is 3.19. The van der Waals surface area contributed by atoms with Crippen LogP contribution in [0.25, 0.3) is 0 Å². The molecule has 0 unspecified atom stereocenters. The van der Waals surface area contributed by atoms with E-state index in [1.165, 1.54) is 12.0 Å². The van der Waals surface area contributed by atoms with Gasteiger partial charge in [0.2, 0.25) is 0 Å². The van der Waals surface area contributed by atoms with E-state index in [2.05, 4.69) is 48.5 Å². The largest absolute Gasteiger partial charge is 0.497 e. The van der Waals surface area contributed by atoms with Crippen molar-refractivity contribution in [1.82, 2.24) is 10.6 Å². The monoisotopic (exact) mass is 291 g/mol. The summed E-state index contributed by atoms with van der Waals surface area (Å²) < 4.78 is 5.15. The molecule has 0 amide bonds. The Morgan fingerprint density at radius 2 is 1.81 bits per heavy atom. The van der Waals surface area contributed by atoms with Gasteiger partial charge in [-0.3, -0.25) is 4.99 Å². The van der Waals surface area contributed by atoms with Crippen LogP contribution in [0.4, 0.5) is 0 Å². The third-order valence-corrected chi connectivity index (χ3v) is 3.24. The first-order valence-corrected chi connectivity index (χ1v) is 7.52. The van der Waals surface area contributed by atoms with Gasteiger partial charge < -0.3 is 15.4 Å².